The number of aryl methyl sites for hydroxylation is 1. The number of pyridine rings is 1. The summed E-state index contributed by atoms with van der Waals surface area (Å²) in [7, 11) is 0. The lowest BCUT2D eigenvalue weighted by molar-refractivity contribution is -0.00461. The van der Waals surface area contributed by atoms with E-state index in [1.54, 1.807) is 12.4 Å². The predicted molar refractivity (Wildman–Crippen MR) is 94.7 cm³/mol. The van der Waals surface area contributed by atoms with Crippen LogP contribution < -0.4 is 10.2 Å². The van der Waals surface area contributed by atoms with Gasteiger partial charge in [0.2, 0.25) is 0 Å². The van der Waals surface area contributed by atoms with Crippen molar-refractivity contribution in [3.8, 4) is 0 Å². The van der Waals surface area contributed by atoms with Gasteiger partial charge < -0.3 is 19.7 Å². The van der Waals surface area contributed by atoms with Crippen molar-refractivity contribution in [2.24, 2.45) is 0 Å². The molecule has 2 aromatic heterocycles. The lowest BCUT2D eigenvalue weighted by Gasteiger charge is -2.21. The summed E-state index contributed by atoms with van der Waals surface area (Å²) in [5, 5.41) is 3.37. The van der Waals surface area contributed by atoms with E-state index in [-0.39, 0.29) is 24.1 Å². The number of ether oxygens (including phenoxy) is 2. The Hall–Kier alpha value is -2.32. The number of rotatable bonds is 4. The maximum atomic E-state index is 14.5. The molecule has 2 atom stereocenters. The van der Waals surface area contributed by atoms with Gasteiger partial charge in [0.1, 0.15) is 18.5 Å². The Morgan fingerprint density at radius 2 is 2.00 bits per heavy atom. The van der Waals surface area contributed by atoms with Crippen molar-refractivity contribution >= 4 is 11.5 Å². The summed E-state index contributed by atoms with van der Waals surface area (Å²) in [6.07, 6.45) is 5.26. The zero-order chi connectivity index (χ0) is 17.9. The van der Waals surface area contributed by atoms with Crippen molar-refractivity contribution in [3.05, 3.63) is 42.4 Å². The van der Waals surface area contributed by atoms with Gasteiger partial charge in [-0.25, -0.2) is 14.4 Å². The largest absolute Gasteiger partial charge is 0.376 e. The van der Waals surface area contributed by atoms with Crippen LogP contribution in [0.15, 0.2) is 30.9 Å². The molecule has 2 aromatic rings. The van der Waals surface area contributed by atoms with Crippen LogP contribution in [0.4, 0.5) is 15.9 Å². The minimum Gasteiger partial charge on any atom is -0.376 e. The number of hydrogen-bond donors (Lipinski definition) is 1. The molecule has 0 aliphatic carbocycles. The summed E-state index contributed by atoms with van der Waals surface area (Å²) in [5.74, 6) is -0.00950. The van der Waals surface area contributed by atoms with Gasteiger partial charge in [-0.1, -0.05) is 6.92 Å². The number of hydrogen-bond acceptors (Lipinski definition) is 7. The first kappa shape index (κ1) is 17.1. The summed E-state index contributed by atoms with van der Waals surface area (Å²) in [6.45, 7) is 4.04. The molecule has 2 fully saturated rings. The van der Waals surface area contributed by atoms with E-state index in [0.29, 0.717) is 44.2 Å². The van der Waals surface area contributed by atoms with Crippen LogP contribution in [0.3, 0.4) is 0 Å². The van der Waals surface area contributed by atoms with E-state index in [1.165, 1.54) is 6.33 Å². The summed E-state index contributed by atoms with van der Waals surface area (Å²) < 4.78 is 26.6. The van der Waals surface area contributed by atoms with Gasteiger partial charge in [-0.2, -0.15) is 0 Å². The molecule has 2 aliphatic heterocycles. The quantitative estimate of drug-likeness (QED) is 0.890. The van der Waals surface area contributed by atoms with E-state index in [2.05, 4.69) is 20.3 Å². The first-order chi connectivity index (χ1) is 12.7. The van der Waals surface area contributed by atoms with E-state index < -0.39 is 0 Å². The van der Waals surface area contributed by atoms with Crippen molar-refractivity contribution in [2.45, 2.75) is 31.6 Å². The zero-order valence-corrected chi connectivity index (χ0v) is 14.6. The van der Waals surface area contributed by atoms with Gasteiger partial charge >= 0.3 is 0 Å². The molecule has 0 saturated carbocycles. The predicted octanol–water partition coefficient (Wildman–Crippen LogP) is 1.66. The third kappa shape index (κ3) is 3.47. The third-order valence-electron chi connectivity index (χ3n) is 4.75. The van der Waals surface area contributed by atoms with E-state index in [9.17, 15) is 4.39 Å². The average molecular weight is 359 g/mol. The van der Waals surface area contributed by atoms with Gasteiger partial charge in [0, 0.05) is 25.5 Å². The Balaban J connectivity index is 1.40. The van der Waals surface area contributed by atoms with Crippen molar-refractivity contribution < 1.29 is 13.9 Å². The molecule has 0 unspecified atom stereocenters. The number of nitrogens with zero attached hydrogens (tertiary/aromatic N) is 4. The molecule has 26 heavy (non-hydrogen) atoms. The van der Waals surface area contributed by atoms with Crippen LogP contribution in [0.5, 0.6) is 0 Å². The highest BCUT2D eigenvalue weighted by Crippen LogP contribution is 2.27. The number of aromatic nitrogens is 3. The number of halogens is 1. The van der Waals surface area contributed by atoms with E-state index in [4.69, 9.17) is 9.47 Å². The number of anilines is 2. The smallest absolute Gasteiger partial charge is 0.187 e. The van der Waals surface area contributed by atoms with Gasteiger partial charge in [-0.15, -0.1) is 0 Å². The highest BCUT2D eigenvalue weighted by atomic mass is 19.1. The van der Waals surface area contributed by atoms with E-state index in [1.807, 2.05) is 24.0 Å². The minimum absolute atomic E-state index is 0.0562. The van der Waals surface area contributed by atoms with Crippen LogP contribution in [0, 0.1) is 5.82 Å². The Morgan fingerprint density at radius 3 is 2.65 bits per heavy atom. The number of fused-ring (bicyclic) bond motifs is 1. The fourth-order valence-corrected chi connectivity index (χ4v) is 3.39. The molecule has 2 saturated heterocycles. The topological polar surface area (TPSA) is 72.4 Å². The summed E-state index contributed by atoms with van der Waals surface area (Å²) in [4.78, 5) is 14.1. The van der Waals surface area contributed by atoms with Crippen LogP contribution in [-0.4, -0.2) is 59.5 Å². The van der Waals surface area contributed by atoms with Crippen molar-refractivity contribution in [3.63, 3.8) is 0 Å². The lowest BCUT2D eigenvalue weighted by atomic mass is 10.3. The van der Waals surface area contributed by atoms with Gasteiger partial charge in [-0.05, 0) is 18.6 Å². The normalized spacial score (nSPS) is 23.5. The monoisotopic (exact) mass is 359 g/mol. The molecular formula is C18H22FN5O2. The molecular weight excluding hydrogens is 337 g/mol. The Morgan fingerprint density at radius 1 is 1.23 bits per heavy atom. The van der Waals surface area contributed by atoms with Gasteiger partial charge in [0.05, 0.1) is 30.6 Å². The van der Waals surface area contributed by atoms with Crippen molar-refractivity contribution in [1.82, 2.24) is 15.0 Å². The summed E-state index contributed by atoms with van der Waals surface area (Å²) >= 11 is 0. The molecule has 7 nitrogen and oxygen atoms in total. The molecule has 138 valence electrons. The van der Waals surface area contributed by atoms with Crippen molar-refractivity contribution in [2.75, 3.05) is 36.5 Å². The second-order valence-corrected chi connectivity index (χ2v) is 6.54. The third-order valence-corrected chi connectivity index (χ3v) is 4.75. The molecule has 0 spiro atoms. The summed E-state index contributed by atoms with van der Waals surface area (Å²) in [6, 6.07) is 3.90. The zero-order valence-electron chi connectivity index (χ0n) is 14.6. The molecule has 1 N–H and O–H groups in total. The first-order valence-corrected chi connectivity index (χ1v) is 8.88. The van der Waals surface area contributed by atoms with Crippen LogP contribution in [0.2, 0.25) is 0 Å². The Bertz CT molecular complexity index is 732. The molecule has 0 aromatic carbocycles. The first-order valence-electron chi connectivity index (χ1n) is 8.88. The molecule has 8 heteroatoms. The van der Waals surface area contributed by atoms with Crippen LogP contribution in [0.1, 0.15) is 12.6 Å². The molecule has 4 heterocycles. The van der Waals surface area contributed by atoms with E-state index in [0.717, 1.165) is 5.69 Å². The fourth-order valence-electron chi connectivity index (χ4n) is 3.39. The fraction of sp³-hybridized carbons (Fsp3) is 0.500. The lowest BCUT2D eigenvalue weighted by Crippen LogP contribution is -2.31. The SMILES string of the molecule is CCc1ncnc(N2C[C@@H]3OCC(Nc4cccnc4)CO[C@H]3C2)c1F. The Kier molecular flexibility index (Phi) is 4.94. The maximum absolute atomic E-state index is 14.5. The maximum Gasteiger partial charge on any atom is 0.187 e. The highest BCUT2D eigenvalue weighted by molar-refractivity contribution is 5.43. The average Bonchev–Trinajstić information content (AvgIpc) is 2.99. The molecule has 4 rings (SSSR count). The molecule has 0 radical (unpaired) electrons. The highest BCUT2D eigenvalue weighted by Gasteiger charge is 2.39. The molecule has 2 aliphatic rings. The number of nitrogens with one attached hydrogen (secondary N) is 1. The van der Waals surface area contributed by atoms with Crippen LogP contribution >= 0.6 is 0 Å². The summed E-state index contributed by atoms with van der Waals surface area (Å²) in [5.41, 5.74) is 1.37. The molecule has 0 amide bonds. The van der Waals surface area contributed by atoms with Gasteiger partial charge in [0.15, 0.2) is 11.6 Å². The second-order valence-electron chi connectivity index (χ2n) is 6.54. The van der Waals surface area contributed by atoms with Gasteiger partial charge in [0.25, 0.3) is 0 Å². The Labute approximate surface area is 151 Å². The van der Waals surface area contributed by atoms with Crippen LogP contribution in [-0.2, 0) is 15.9 Å². The minimum atomic E-state index is -0.345. The standard InChI is InChI=1S/C18H22FN5O2/c1-2-14-17(19)18(22-11-21-14)24-7-15-16(8-24)26-10-13(9-25-15)23-12-4-3-5-20-6-12/h3-6,11,13,15-16,23H,2,7-10H2,1H3/t15-,16-/m0/s1. The van der Waals surface area contributed by atoms with Gasteiger partial charge in [-0.3, -0.25) is 4.98 Å². The van der Waals surface area contributed by atoms with Crippen LogP contribution in [0.25, 0.3) is 0 Å². The van der Waals surface area contributed by atoms with Crippen molar-refractivity contribution in [1.29, 1.82) is 0 Å². The second kappa shape index (κ2) is 7.51. The molecule has 0 bridgehead atoms. The van der Waals surface area contributed by atoms with E-state index >= 15 is 0 Å².